The zero-order chi connectivity index (χ0) is 13.1. The van der Waals surface area contributed by atoms with Gasteiger partial charge < -0.3 is 5.32 Å². The molecule has 1 nitrogen and oxygen atoms in total. The molecular formula is C18H27N. The topological polar surface area (TPSA) is 12.0 Å². The Hall–Kier alpha value is -0.820. The first-order valence-electron chi connectivity index (χ1n) is 8.16. The van der Waals surface area contributed by atoms with Gasteiger partial charge in [0.25, 0.3) is 0 Å². The van der Waals surface area contributed by atoms with E-state index in [2.05, 4.69) is 36.5 Å². The highest BCUT2D eigenvalue weighted by Crippen LogP contribution is 2.31. The number of aryl methyl sites for hydroxylation is 1. The van der Waals surface area contributed by atoms with Gasteiger partial charge in [-0.1, -0.05) is 44.0 Å². The van der Waals surface area contributed by atoms with E-state index in [4.69, 9.17) is 0 Å². The Morgan fingerprint density at radius 2 is 1.89 bits per heavy atom. The van der Waals surface area contributed by atoms with Gasteiger partial charge >= 0.3 is 0 Å². The molecular weight excluding hydrogens is 230 g/mol. The summed E-state index contributed by atoms with van der Waals surface area (Å²) in [5.74, 6) is 1.62. The number of nitrogens with one attached hydrogen (secondary N) is 1. The molecule has 0 amide bonds. The predicted octanol–water partition coefficient (Wildman–Crippen LogP) is 4.27. The SMILES string of the molecule is CC1CCCCC1NCC1CCCc2ccccc21. The Bertz CT molecular complexity index is 412. The van der Waals surface area contributed by atoms with E-state index in [9.17, 15) is 0 Å². The lowest BCUT2D eigenvalue weighted by molar-refractivity contribution is 0.274. The smallest absolute Gasteiger partial charge is 0.00929 e. The van der Waals surface area contributed by atoms with Crippen LogP contribution < -0.4 is 5.32 Å². The fourth-order valence-corrected chi connectivity index (χ4v) is 3.98. The summed E-state index contributed by atoms with van der Waals surface area (Å²) in [5, 5.41) is 3.88. The molecule has 2 aliphatic carbocycles. The Morgan fingerprint density at radius 1 is 1.05 bits per heavy atom. The van der Waals surface area contributed by atoms with Gasteiger partial charge in [-0.2, -0.15) is 0 Å². The molecule has 0 aliphatic heterocycles. The van der Waals surface area contributed by atoms with Crippen LogP contribution in [0.15, 0.2) is 24.3 Å². The summed E-state index contributed by atoms with van der Waals surface area (Å²) in [6.07, 6.45) is 9.67. The molecule has 0 radical (unpaired) electrons. The van der Waals surface area contributed by atoms with Gasteiger partial charge in [0.15, 0.2) is 0 Å². The maximum absolute atomic E-state index is 3.88. The second kappa shape index (κ2) is 6.09. The van der Waals surface area contributed by atoms with Crippen LogP contribution in [0.25, 0.3) is 0 Å². The van der Waals surface area contributed by atoms with E-state index in [1.165, 1.54) is 51.5 Å². The minimum absolute atomic E-state index is 0.749. The van der Waals surface area contributed by atoms with E-state index in [1.54, 1.807) is 11.1 Å². The molecule has 19 heavy (non-hydrogen) atoms. The van der Waals surface area contributed by atoms with Crippen LogP contribution in [0.1, 0.15) is 62.5 Å². The van der Waals surface area contributed by atoms with Gasteiger partial charge in [-0.15, -0.1) is 0 Å². The van der Waals surface area contributed by atoms with Crippen molar-refractivity contribution in [3.05, 3.63) is 35.4 Å². The summed E-state index contributed by atoms with van der Waals surface area (Å²) < 4.78 is 0. The summed E-state index contributed by atoms with van der Waals surface area (Å²) in [6, 6.07) is 9.84. The molecule has 3 atom stereocenters. The van der Waals surface area contributed by atoms with Gasteiger partial charge in [0.2, 0.25) is 0 Å². The molecule has 1 N–H and O–H groups in total. The van der Waals surface area contributed by atoms with Gasteiger partial charge in [-0.25, -0.2) is 0 Å². The van der Waals surface area contributed by atoms with E-state index < -0.39 is 0 Å². The Morgan fingerprint density at radius 3 is 2.79 bits per heavy atom. The third-order valence-corrected chi connectivity index (χ3v) is 5.23. The van der Waals surface area contributed by atoms with Crippen molar-refractivity contribution >= 4 is 0 Å². The first kappa shape index (κ1) is 13.2. The highest BCUT2D eigenvalue weighted by Gasteiger charge is 2.24. The zero-order valence-electron chi connectivity index (χ0n) is 12.2. The molecule has 0 heterocycles. The van der Waals surface area contributed by atoms with Crippen LogP contribution in [0, 0.1) is 5.92 Å². The van der Waals surface area contributed by atoms with Crippen LogP contribution in [0.2, 0.25) is 0 Å². The molecule has 1 saturated carbocycles. The number of fused-ring (bicyclic) bond motifs is 1. The third-order valence-electron chi connectivity index (χ3n) is 5.23. The Kier molecular flexibility index (Phi) is 4.22. The van der Waals surface area contributed by atoms with Crippen molar-refractivity contribution in [3.8, 4) is 0 Å². The number of rotatable bonds is 3. The summed E-state index contributed by atoms with van der Waals surface area (Å²) in [7, 11) is 0. The van der Waals surface area contributed by atoms with Crippen LogP contribution >= 0.6 is 0 Å². The van der Waals surface area contributed by atoms with Gasteiger partial charge in [0.05, 0.1) is 0 Å². The molecule has 3 rings (SSSR count). The van der Waals surface area contributed by atoms with Gasteiger partial charge in [-0.05, 0) is 55.1 Å². The van der Waals surface area contributed by atoms with Gasteiger partial charge in [0, 0.05) is 12.6 Å². The predicted molar refractivity (Wildman–Crippen MR) is 81.5 cm³/mol. The lowest BCUT2D eigenvalue weighted by Gasteiger charge is -2.33. The van der Waals surface area contributed by atoms with Crippen molar-refractivity contribution < 1.29 is 0 Å². The molecule has 0 aromatic heterocycles. The van der Waals surface area contributed by atoms with Crippen LogP contribution in [0.5, 0.6) is 0 Å². The molecule has 1 aromatic rings. The standard InChI is InChI=1S/C18H27N/c1-14-7-2-5-12-18(14)19-13-16-10-6-9-15-8-3-4-11-17(15)16/h3-4,8,11,14,16,18-19H,2,5-7,9-10,12-13H2,1H3. The van der Waals surface area contributed by atoms with Crippen molar-refractivity contribution in [1.82, 2.24) is 5.32 Å². The molecule has 1 heteroatoms. The maximum Gasteiger partial charge on any atom is 0.00929 e. The highest BCUT2D eigenvalue weighted by molar-refractivity contribution is 5.32. The Balaban J connectivity index is 1.61. The van der Waals surface area contributed by atoms with E-state index in [0.717, 1.165) is 17.9 Å². The fraction of sp³-hybridized carbons (Fsp3) is 0.667. The first-order chi connectivity index (χ1) is 9.34. The lowest BCUT2D eigenvalue weighted by atomic mass is 9.81. The minimum Gasteiger partial charge on any atom is -0.313 e. The third kappa shape index (κ3) is 3.02. The van der Waals surface area contributed by atoms with Gasteiger partial charge in [0.1, 0.15) is 0 Å². The molecule has 2 aliphatic rings. The quantitative estimate of drug-likeness (QED) is 0.852. The molecule has 0 saturated heterocycles. The van der Waals surface area contributed by atoms with Crippen molar-refractivity contribution in [1.29, 1.82) is 0 Å². The average Bonchev–Trinajstić information content (AvgIpc) is 2.46. The van der Waals surface area contributed by atoms with Gasteiger partial charge in [-0.3, -0.25) is 0 Å². The van der Waals surface area contributed by atoms with Crippen LogP contribution in [0.3, 0.4) is 0 Å². The highest BCUT2D eigenvalue weighted by atomic mass is 14.9. The van der Waals surface area contributed by atoms with Crippen LogP contribution in [0.4, 0.5) is 0 Å². The zero-order valence-corrected chi connectivity index (χ0v) is 12.2. The average molecular weight is 257 g/mol. The van der Waals surface area contributed by atoms with Crippen molar-refractivity contribution in [3.63, 3.8) is 0 Å². The van der Waals surface area contributed by atoms with E-state index >= 15 is 0 Å². The molecule has 0 bridgehead atoms. The largest absolute Gasteiger partial charge is 0.313 e. The molecule has 104 valence electrons. The summed E-state index contributed by atoms with van der Waals surface area (Å²) in [4.78, 5) is 0. The van der Waals surface area contributed by atoms with Crippen LogP contribution in [-0.2, 0) is 6.42 Å². The molecule has 1 aromatic carbocycles. The second-order valence-electron chi connectivity index (χ2n) is 6.56. The fourth-order valence-electron chi connectivity index (χ4n) is 3.98. The lowest BCUT2D eigenvalue weighted by Crippen LogP contribution is -2.39. The minimum atomic E-state index is 0.749. The summed E-state index contributed by atoms with van der Waals surface area (Å²) >= 11 is 0. The normalized spacial score (nSPS) is 30.9. The van der Waals surface area contributed by atoms with E-state index in [1.807, 2.05) is 0 Å². The van der Waals surface area contributed by atoms with E-state index in [0.29, 0.717) is 0 Å². The number of hydrogen-bond donors (Lipinski definition) is 1. The second-order valence-corrected chi connectivity index (χ2v) is 6.56. The Labute approximate surface area is 117 Å². The molecule has 3 unspecified atom stereocenters. The van der Waals surface area contributed by atoms with Crippen LogP contribution in [-0.4, -0.2) is 12.6 Å². The van der Waals surface area contributed by atoms with Crippen molar-refractivity contribution in [2.45, 2.75) is 63.8 Å². The summed E-state index contributed by atoms with van der Waals surface area (Å²) in [6.45, 7) is 3.61. The number of benzene rings is 1. The number of hydrogen-bond acceptors (Lipinski definition) is 1. The summed E-state index contributed by atoms with van der Waals surface area (Å²) in [5.41, 5.74) is 3.21. The molecule has 0 spiro atoms. The monoisotopic (exact) mass is 257 g/mol. The molecule has 1 fully saturated rings. The van der Waals surface area contributed by atoms with Crippen molar-refractivity contribution in [2.24, 2.45) is 5.92 Å². The first-order valence-corrected chi connectivity index (χ1v) is 8.16. The maximum atomic E-state index is 3.88. The van der Waals surface area contributed by atoms with E-state index in [-0.39, 0.29) is 0 Å². The van der Waals surface area contributed by atoms with Crippen molar-refractivity contribution in [2.75, 3.05) is 6.54 Å².